The fourth-order valence-corrected chi connectivity index (χ4v) is 5.50. The van der Waals surface area contributed by atoms with Crippen molar-refractivity contribution in [2.24, 2.45) is 0 Å². The molecule has 2 aromatic rings. The topological polar surface area (TPSA) is 93.5 Å². The van der Waals surface area contributed by atoms with Crippen LogP contribution in [0.2, 0.25) is 0 Å². The number of ketones is 2. The van der Waals surface area contributed by atoms with E-state index in [0.29, 0.717) is 31.7 Å². The highest BCUT2D eigenvalue weighted by Crippen LogP contribution is 2.30. The maximum Gasteiger partial charge on any atom is 0.245 e. The van der Waals surface area contributed by atoms with Crippen LogP contribution < -0.4 is 5.32 Å². The molecule has 2 bridgehead atoms. The van der Waals surface area contributed by atoms with Crippen LogP contribution in [0.25, 0.3) is 10.9 Å². The number of aromatic nitrogens is 2. The molecule has 0 spiro atoms. The standard InChI is InChI=1S/C27H38N4O4/c1-4-22(33)27-23-12-13-30(27)24(34)17-31-26-19(11-9-7-5-6-8-10-14-35-23)15-20(28-3)16-21(26)25(29-31)18(2)32/h15-16,23,27-28H,4-14,17H2,1-3H3/t23-,27-/m1/s1. The zero-order chi connectivity index (χ0) is 24.9. The highest BCUT2D eigenvalue weighted by atomic mass is 16.5. The van der Waals surface area contributed by atoms with Gasteiger partial charge in [-0.1, -0.05) is 32.6 Å². The van der Waals surface area contributed by atoms with E-state index >= 15 is 0 Å². The van der Waals surface area contributed by atoms with Crippen LogP contribution >= 0.6 is 0 Å². The molecule has 1 aromatic carbocycles. The number of aryl methyl sites for hydroxylation is 1. The van der Waals surface area contributed by atoms with Gasteiger partial charge in [0.25, 0.3) is 0 Å². The van der Waals surface area contributed by atoms with Crippen LogP contribution in [0.1, 0.15) is 81.3 Å². The molecule has 1 saturated heterocycles. The van der Waals surface area contributed by atoms with Crippen molar-refractivity contribution in [3.8, 4) is 0 Å². The minimum atomic E-state index is -0.548. The van der Waals surface area contributed by atoms with Gasteiger partial charge in [0, 0.05) is 44.6 Å². The van der Waals surface area contributed by atoms with Crippen molar-refractivity contribution in [2.75, 3.05) is 25.5 Å². The summed E-state index contributed by atoms with van der Waals surface area (Å²) in [5, 5.41) is 8.58. The van der Waals surface area contributed by atoms with Gasteiger partial charge in [-0.3, -0.25) is 19.1 Å². The first kappa shape index (κ1) is 25.4. The van der Waals surface area contributed by atoms with Crippen LogP contribution in [-0.2, 0) is 27.3 Å². The fraction of sp³-hybridized carbons (Fsp3) is 0.630. The lowest BCUT2D eigenvalue weighted by Crippen LogP contribution is -2.47. The van der Waals surface area contributed by atoms with Crippen LogP contribution in [0, 0.1) is 0 Å². The monoisotopic (exact) mass is 482 g/mol. The molecule has 0 unspecified atom stereocenters. The Bertz CT molecular complexity index is 1090. The van der Waals surface area contributed by atoms with Gasteiger partial charge in [-0.25, -0.2) is 0 Å². The number of hydrogen-bond acceptors (Lipinski definition) is 6. The minimum Gasteiger partial charge on any atom is -0.388 e. The molecule has 1 N–H and O–H groups in total. The second kappa shape index (κ2) is 11.3. The molecule has 35 heavy (non-hydrogen) atoms. The summed E-state index contributed by atoms with van der Waals surface area (Å²) in [6.45, 7) is 4.46. The van der Waals surface area contributed by atoms with Gasteiger partial charge in [0.05, 0.1) is 11.6 Å². The number of nitrogens with one attached hydrogen (secondary N) is 1. The quantitative estimate of drug-likeness (QED) is 0.659. The number of hydrogen-bond donors (Lipinski definition) is 1. The van der Waals surface area contributed by atoms with Crippen LogP contribution in [0.4, 0.5) is 5.69 Å². The van der Waals surface area contributed by atoms with Gasteiger partial charge in [0.15, 0.2) is 11.6 Å². The Morgan fingerprint density at radius 1 is 1.14 bits per heavy atom. The average Bonchev–Trinajstić information content (AvgIpc) is 3.43. The number of rotatable bonds is 4. The number of ether oxygens (including phenoxy) is 1. The molecule has 2 aliphatic rings. The number of Topliss-reactive ketones (excluding diaryl/α,β-unsaturated/α-hetero) is 2. The Labute approximate surface area is 207 Å². The van der Waals surface area contributed by atoms with Gasteiger partial charge in [0.2, 0.25) is 5.91 Å². The maximum absolute atomic E-state index is 13.6. The molecule has 190 valence electrons. The number of amides is 1. The van der Waals surface area contributed by atoms with Crippen molar-refractivity contribution in [1.82, 2.24) is 14.7 Å². The molecule has 0 aliphatic carbocycles. The molecule has 0 saturated carbocycles. The van der Waals surface area contributed by atoms with Crippen LogP contribution in [0.3, 0.4) is 0 Å². The highest BCUT2D eigenvalue weighted by Gasteiger charge is 2.41. The first-order chi connectivity index (χ1) is 16.9. The highest BCUT2D eigenvalue weighted by molar-refractivity contribution is 6.06. The fourth-order valence-electron chi connectivity index (χ4n) is 5.50. The van der Waals surface area contributed by atoms with Gasteiger partial charge in [-0.15, -0.1) is 0 Å². The summed E-state index contributed by atoms with van der Waals surface area (Å²) in [6, 6.07) is 3.49. The summed E-state index contributed by atoms with van der Waals surface area (Å²) >= 11 is 0. The molecular formula is C27H38N4O4. The summed E-state index contributed by atoms with van der Waals surface area (Å²) in [7, 11) is 1.87. The van der Waals surface area contributed by atoms with Crippen LogP contribution in [0.15, 0.2) is 12.1 Å². The molecule has 4 rings (SSSR count). The molecule has 1 amide bonds. The first-order valence-corrected chi connectivity index (χ1v) is 13.1. The molecule has 3 heterocycles. The largest absolute Gasteiger partial charge is 0.388 e. The normalized spacial score (nSPS) is 22.3. The molecule has 8 heteroatoms. The van der Waals surface area contributed by atoms with Crippen molar-refractivity contribution >= 4 is 34.1 Å². The Morgan fingerprint density at radius 3 is 2.60 bits per heavy atom. The second-order valence-corrected chi connectivity index (χ2v) is 9.77. The van der Waals surface area contributed by atoms with Crippen molar-refractivity contribution in [2.45, 2.75) is 90.3 Å². The summed E-state index contributed by atoms with van der Waals surface area (Å²) < 4.78 is 7.81. The number of carbonyl (C=O) groups excluding carboxylic acids is 3. The minimum absolute atomic E-state index is 0.00407. The van der Waals surface area contributed by atoms with Gasteiger partial charge < -0.3 is 15.0 Å². The van der Waals surface area contributed by atoms with Crippen LogP contribution in [0.5, 0.6) is 0 Å². The van der Waals surface area contributed by atoms with E-state index in [9.17, 15) is 14.4 Å². The molecule has 0 radical (unpaired) electrons. The van der Waals surface area contributed by atoms with Gasteiger partial charge >= 0.3 is 0 Å². The number of nitrogens with zero attached hydrogens (tertiary/aromatic N) is 3. The number of fused-ring (bicyclic) bond motifs is 2. The Balaban J connectivity index is 1.76. The molecule has 2 aliphatic heterocycles. The Kier molecular flexibility index (Phi) is 8.21. The zero-order valence-corrected chi connectivity index (χ0v) is 21.3. The molecule has 1 fully saturated rings. The SMILES string of the molecule is CCC(=O)[C@@H]1[C@H]2CCN1C(=O)Cn1nc(C(C)=O)c3cc(NC)cc(c31)CCCCCCCCO2. The predicted molar refractivity (Wildman–Crippen MR) is 136 cm³/mol. The molecule has 1 aromatic heterocycles. The van der Waals surface area contributed by atoms with E-state index in [1.54, 1.807) is 9.58 Å². The second-order valence-electron chi connectivity index (χ2n) is 9.77. The maximum atomic E-state index is 13.6. The lowest BCUT2D eigenvalue weighted by Gasteiger charge is -2.27. The molecular weight excluding hydrogens is 444 g/mol. The van der Waals surface area contributed by atoms with Gasteiger partial charge in [-0.05, 0) is 43.4 Å². The molecule has 8 nitrogen and oxygen atoms in total. The van der Waals surface area contributed by atoms with Crippen molar-refractivity contribution < 1.29 is 19.1 Å². The van der Waals surface area contributed by atoms with E-state index in [4.69, 9.17) is 4.74 Å². The third kappa shape index (κ3) is 5.42. The van der Waals surface area contributed by atoms with E-state index in [-0.39, 0.29) is 30.1 Å². The third-order valence-electron chi connectivity index (χ3n) is 7.34. The number of anilines is 1. The number of carbonyl (C=O) groups is 3. The van der Waals surface area contributed by atoms with E-state index in [1.807, 2.05) is 20.0 Å². The van der Waals surface area contributed by atoms with Gasteiger partial charge in [-0.2, -0.15) is 5.10 Å². The van der Waals surface area contributed by atoms with Crippen molar-refractivity contribution in [3.05, 3.63) is 23.4 Å². The van der Waals surface area contributed by atoms with E-state index in [0.717, 1.165) is 60.7 Å². The predicted octanol–water partition coefficient (Wildman–Crippen LogP) is 4.14. The summed E-state index contributed by atoms with van der Waals surface area (Å²) in [4.78, 5) is 40.6. The smallest absolute Gasteiger partial charge is 0.245 e. The van der Waals surface area contributed by atoms with Crippen molar-refractivity contribution in [1.29, 1.82) is 0 Å². The first-order valence-electron chi connectivity index (χ1n) is 13.1. The summed E-state index contributed by atoms with van der Waals surface area (Å²) in [5.74, 6) is -0.251. The summed E-state index contributed by atoms with van der Waals surface area (Å²) in [5.41, 5.74) is 3.24. The zero-order valence-electron chi connectivity index (χ0n) is 21.3. The van der Waals surface area contributed by atoms with Gasteiger partial charge in [0.1, 0.15) is 18.3 Å². The lowest BCUT2D eigenvalue weighted by molar-refractivity contribution is -0.141. The summed E-state index contributed by atoms with van der Waals surface area (Å²) in [6.07, 6.45) is 8.21. The lowest BCUT2D eigenvalue weighted by atomic mass is 10.0. The van der Waals surface area contributed by atoms with E-state index < -0.39 is 6.04 Å². The average molecular weight is 483 g/mol. The third-order valence-corrected chi connectivity index (χ3v) is 7.34. The van der Waals surface area contributed by atoms with E-state index in [1.165, 1.54) is 13.3 Å². The van der Waals surface area contributed by atoms with E-state index in [2.05, 4.69) is 16.5 Å². The number of benzene rings is 1. The van der Waals surface area contributed by atoms with Crippen molar-refractivity contribution in [3.63, 3.8) is 0 Å². The Hall–Kier alpha value is -2.74. The van der Waals surface area contributed by atoms with Crippen LogP contribution in [-0.4, -0.2) is 64.5 Å². The molecule has 2 atom stereocenters. The Morgan fingerprint density at radius 2 is 1.89 bits per heavy atom.